The molecule has 4 nitrogen and oxygen atoms in total. The van der Waals surface area contributed by atoms with Crippen LogP contribution < -0.4 is 15.2 Å². The highest BCUT2D eigenvalue weighted by Gasteiger charge is 2.11. The normalized spacial score (nSPS) is 12.0. The van der Waals surface area contributed by atoms with E-state index in [1.807, 2.05) is 30.3 Å². The first-order valence-corrected chi connectivity index (χ1v) is 6.97. The molecule has 0 spiro atoms. The summed E-state index contributed by atoms with van der Waals surface area (Å²) in [4.78, 5) is 0. The van der Waals surface area contributed by atoms with E-state index in [0.717, 1.165) is 12.0 Å². The highest BCUT2D eigenvalue weighted by molar-refractivity contribution is 5.43. The third-order valence-electron chi connectivity index (χ3n) is 3.33. The molecule has 4 heteroatoms. The Bertz CT molecular complexity index is 598. The first-order valence-electron chi connectivity index (χ1n) is 6.97. The van der Waals surface area contributed by atoms with Gasteiger partial charge in [-0.05, 0) is 41.8 Å². The Morgan fingerprint density at radius 3 is 2.62 bits per heavy atom. The van der Waals surface area contributed by atoms with Crippen molar-refractivity contribution in [2.75, 3.05) is 19.5 Å². The highest BCUT2D eigenvalue weighted by Crippen LogP contribution is 2.29. The van der Waals surface area contributed by atoms with Crippen LogP contribution in [0.4, 0.5) is 5.69 Å². The lowest BCUT2D eigenvalue weighted by atomic mass is 10.1. The lowest BCUT2D eigenvalue weighted by Crippen LogP contribution is -2.10. The fourth-order valence-electron chi connectivity index (χ4n) is 2.08. The number of nitrogens with two attached hydrogens (primary N) is 1. The largest absolute Gasteiger partial charge is 0.493 e. The van der Waals surface area contributed by atoms with E-state index in [1.165, 1.54) is 5.56 Å². The number of aliphatic hydroxyl groups is 1. The molecule has 3 N–H and O–H groups in total. The molecule has 112 valence electrons. The van der Waals surface area contributed by atoms with Gasteiger partial charge < -0.3 is 20.3 Å². The number of hydrogen-bond acceptors (Lipinski definition) is 4. The maximum atomic E-state index is 10.1. The lowest BCUT2D eigenvalue weighted by Gasteiger charge is -2.15. The standard InChI is InChI=1S/C17H21NO3/c1-3-12-7-8-16(17(9-12)20-2)21-11-15(19)13-5-4-6-14(18)10-13/h4-10,15,19H,3,11,18H2,1-2H3. The van der Waals surface area contributed by atoms with E-state index in [1.54, 1.807) is 19.2 Å². The smallest absolute Gasteiger partial charge is 0.161 e. The van der Waals surface area contributed by atoms with Gasteiger partial charge in [-0.1, -0.05) is 25.1 Å². The van der Waals surface area contributed by atoms with Gasteiger partial charge in [0.25, 0.3) is 0 Å². The van der Waals surface area contributed by atoms with Crippen LogP contribution in [0.25, 0.3) is 0 Å². The van der Waals surface area contributed by atoms with Crippen LogP contribution >= 0.6 is 0 Å². The fraction of sp³-hybridized carbons (Fsp3) is 0.294. The van der Waals surface area contributed by atoms with Crippen LogP contribution in [0, 0.1) is 0 Å². The van der Waals surface area contributed by atoms with Crippen molar-refractivity contribution in [2.24, 2.45) is 0 Å². The summed E-state index contributed by atoms with van der Waals surface area (Å²) in [5.74, 6) is 1.30. The highest BCUT2D eigenvalue weighted by atomic mass is 16.5. The number of methoxy groups -OCH3 is 1. The van der Waals surface area contributed by atoms with Crippen LogP contribution in [0.1, 0.15) is 24.2 Å². The minimum atomic E-state index is -0.732. The Morgan fingerprint density at radius 2 is 1.95 bits per heavy atom. The topological polar surface area (TPSA) is 64.7 Å². The van der Waals surface area contributed by atoms with Crippen molar-refractivity contribution < 1.29 is 14.6 Å². The molecule has 1 unspecified atom stereocenters. The number of aliphatic hydroxyl groups excluding tert-OH is 1. The summed E-state index contributed by atoms with van der Waals surface area (Å²) < 4.78 is 11.0. The molecule has 21 heavy (non-hydrogen) atoms. The van der Waals surface area contributed by atoms with Crippen molar-refractivity contribution in [2.45, 2.75) is 19.4 Å². The van der Waals surface area contributed by atoms with Gasteiger partial charge in [-0.25, -0.2) is 0 Å². The van der Waals surface area contributed by atoms with Crippen LogP contribution in [0.2, 0.25) is 0 Å². The van der Waals surface area contributed by atoms with Gasteiger partial charge >= 0.3 is 0 Å². The molecule has 2 aromatic carbocycles. The monoisotopic (exact) mass is 287 g/mol. The van der Waals surface area contributed by atoms with Crippen molar-refractivity contribution in [3.05, 3.63) is 53.6 Å². The van der Waals surface area contributed by atoms with Gasteiger partial charge in [0, 0.05) is 5.69 Å². The molecular weight excluding hydrogens is 266 g/mol. The van der Waals surface area contributed by atoms with Gasteiger partial charge in [-0.15, -0.1) is 0 Å². The van der Waals surface area contributed by atoms with Crippen molar-refractivity contribution in [3.8, 4) is 11.5 Å². The van der Waals surface area contributed by atoms with Crippen molar-refractivity contribution in [1.82, 2.24) is 0 Å². The SMILES string of the molecule is CCc1ccc(OCC(O)c2cccc(N)c2)c(OC)c1. The van der Waals surface area contributed by atoms with Gasteiger partial charge in [0.1, 0.15) is 12.7 Å². The van der Waals surface area contributed by atoms with Crippen LogP contribution in [-0.2, 0) is 6.42 Å². The van der Waals surface area contributed by atoms with Crippen LogP contribution in [0.5, 0.6) is 11.5 Å². The number of hydrogen-bond donors (Lipinski definition) is 2. The number of nitrogen functional groups attached to an aromatic ring is 1. The first-order chi connectivity index (χ1) is 10.1. The molecule has 0 aliphatic rings. The molecule has 0 saturated heterocycles. The molecule has 0 aromatic heterocycles. The molecule has 0 fully saturated rings. The molecule has 0 aliphatic carbocycles. The zero-order chi connectivity index (χ0) is 15.2. The molecule has 1 atom stereocenters. The second kappa shape index (κ2) is 6.99. The van der Waals surface area contributed by atoms with E-state index in [4.69, 9.17) is 15.2 Å². The van der Waals surface area contributed by atoms with E-state index in [9.17, 15) is 5.11 Å². The van der Waals surface area contributed by atoms with E-state index in [0.29, 0.717) is 17.2 Å². The summed E-state index contributed by atoms with van der Waals surface area (Å²) in [6, 6.07) is 13.0. The molecule has 0 heterocycles. The van der Waals surface area contributed by atoms with E-state index >= 15 is 0 Å². The van der Waals surface area contributed by atoms with Crippen LogP contribution in [0.3, 0.4) is 0 Å². The Labute approximate surface area is 125 Å². The summed E-state index contributed by atoms with van der Waals surface area (Å²) in [6.07, 6.45) is 0.201. The number of ether oxygens (including phenoxy) is 2. The predicted molar refractivity (Wildman–Crippen MR) is 83.7 cm³/mol. The zero-order valence-electron chi connectivity index (χ0n) is 12.4. The van der Waals surface area contributed by atoms with Crippen LogP contribution in [-0.4, -0.2) is 18.8 Å². The molecule has 0 saturated carbocycles. The third kappa shape index (κ3) is 3.89. The average molecular weight is 287 g/mol. The molecule has 0 bridgehead atoms. The van der Waals surface area contributed by atoms with Crippen molar-refractivity contribution in [3.63, 3.8) is 0 Å². The third-order valence-corrected chi connectivity index (χ3v) is 3.33. The van der Waals surface area contributed by atoms with E-state index < -0.39 is 6.10 Å². The Hall–Kier alpha value is -2.20. The second-order valence-corrected chi connectivity index (χ2v) is 4.84. The molecule has 0 amide bonds. The Kier molecular flexibility index (Phi) is 5.06. The van der Waals surface area contributed by atoms with Gasteiger partial charge in [-0.3, -0.25) is 0 Å². The maximum Gasteiger partial charge on any atom is 0.161 e. The minimum Gasteiger partial charge on any atom is -0.493 e. The Balaban J connectivity index is 2.05. The second-order valence-electron chi connectivity index (χ2n) is 4.84. The van der Waals surface area contributed by atoms with E-state index in [2.05, 4.69) is 6.92 Å². The average Bonchev–Trinajstić information content (AvgIpc) is 2.52. The number of benzene rings is 2. The van der Waals surface area contributed by atoms with Crippen LogP contribution in [0.15, 0.2) is 42.5 Å². The van der Waals surface area contributed by atoms with Gasteiger partial charge in [0.05, 0.1) is 7.11 Å². The number of anilines is 1. The van der Waals surface area contributed by atoms with Gasteiger partial charge in [0.15, 0.2) is 11.5 Å². The van der Waals surface area contributed by atoms with Crippen molar-refractivity contribution in [1.29, 1.82) is 0 Å². The summed E-state index contributed by atoms with van der Waals surface area (Å²) in [7, 11) is 1.61. The van der Waals surface area contributed by atoms with E-state index in [-0.39, 0.29) is 6.61 Å². The molecule has 2 rings (SSSR count). The quantitative estimate of drug-likeness (QED) is 0.802. The first kappa shape index (κ1) is 15.2. The minimum absolute atomic E-state index is 0.144. The number of aryl methyl sites for hydroxylation is 1. The number of rotatable bonds is 6. The summed E-state index contributed by atoms with van der Waals surface area (Å²) in [6.45, 7) is 2.23. The summed E-state index contributed by atoms with van der Waals surface area (Å²) in [5, 5.41) is 10.1. The Morgan fingerprint density at radius 1 is 1.14 bits per heavy atom. The molecule has 0 aliphatic heterocycles. The molecule has 2 aromatic rings. The summed E-state index contributed by atoms with van der Waals surface area (Å²) in [5.41, 5.74) is 8.24. The summed E-state index contributed by atoms with van der Waals surface area (Å²) >= 11 is 0. The molecule has 0 radical (unpaired) electrons. The zero-order valence-corrected chi connectivity index (χ0v) is 12.4. The van der Waals surface area contributed by atoms with Gasteiger partial charge in [-0.2, -0.15) is 0 Å². The lowest BCUT2D eigenvalue weighted by molar-refractivity contribution is 0.106. The molecular formula is C17H21NO3. The maximum absolute atomic E-state index is 10.1. The van der Waals surface area contributed by atoms with Gasteiger partial charge in [0.2, 0.25) is 0 Å². The fourth-order valence-corrected chi connectivity index (χ4v) is 2.08. The predicted octanol–water partition coefficient (Wildman–Crippen LogP) is 2.95. The van der Waals surface area contributed by atoms with Crippen molar-refractivity contribution >= 4 is 5.69 Å².